The summed E-state index contributed by atoms with van der Waals surface area (Å²) in [7, 11) is 0. The van der Waals surface area contributed by atoms with Gasteiger partial charge in [0.2, 0.25) is 0 Å². The second-order valence-electron chi connectivity index (χ2n) is 7.90. The minimum Gasteiger partial charge on any atom is -0.483 e. The number of rotatable bonds is 5. The Labute approximate surface area is 175 Å². The van der Waals surface area contributed by atoms with Crippen LogP contribution in [0.15, 0.2) is 42.5 Å². The van der Waals surface area contributed by atoms with E-state index < -0.39 is 11.7 Å². The lowest BCUT2D eigenvalue weighted by Gasteiger charge is -2.36. The number of aryl methyl sites for hydroxylation is 1. The summed E-state index contributed by atoms with van der Waals surface area (Å²) in [6.07, 6.45) is -4.37. The maximum absolute atomic E-state index is 12.9. The van der Waals surface area contributed by atoms with E-state index in [9.17, 15) is 18.0 Å². The first-order chi connectivity index (χ1) is 14.1. The number of halogens is 3. The van der Waals surface area contributed by atoms with E-state index in [4.69, 9.17) is 4.74 Å². The molecule has 0 unspecified atom stereocenters. The fraction of sp³-hybridized carbons (Fsp3) is 0.435. The molecule has 1 amide bonds. The Morgan fingerprint density at radius 1 is 1.07 bits per heavy atom. The molecule has 0 aliphatic carbocycles. The average molecular weight is 420 g/mol. The molecule has 2 aromatic rings. The zero-order valence-corrected chi connectivity index (χ0v) is 17.5. The van der Waals surface area contributed by atoms with E-state index in [1.165, 1.54) is 6.07 Å². The number of alkyl halides is 3. The molecule has 0 saturated carbocycles. The minimum absolute atomic E-state index is 0.0489. The second kappa shape index (κ2) is 8.98. The summed E-state index contributed by atoms with van der Waals surface area (Å²) >= 11 is 0. The molecule has 1 heterocycles. The summed E-state index contributed by atoms with van der Waals surface area (Å²) < 4.78 is 44.7. The predicted molar refractivity (Wildman–Crippen MR) is 111 cm³/mol. The Balaban J connectivity index is 1.57. The Morgan fingerprint density at radius 2 is 1.77 bits per heavy atom. The highest BCUT2D eigenvalue weighted by Gasteiger charge is 2.31. The van der Waals surface area contributed by atoms with Crippen molar-refractivity contribution in [3.8, 4) is 5.75 Å². The normalized spacial score (nSPS) is 14.9. The van der Waals surface area contributed by atoms with Crippen LogP contribution in [0.5, 0.6) is 5.75 Å². The Hall–Kier alpha value is -2.70. The van der Waals surface area contributed by atoms with Gasteiger partial charge in [-0.2, -0.15) is 13.2 Å². The van der Waals surface area contributed by atoms with Gasteiger partial charge >= 0.3 is 6.18 Å². The number of nitrogens with zero attached hydrogens (tertiary/aromatic N) is 2. The number of carbonyl (C=O) groups excluding carboxylic acids is 1. The number of piperazine rings is 1. The van der Waals surface area contributed by atoms with Crippen molar-refractivity contribution in [1.29, 1.82) is 0 Å². The molecule has 0 radical (unpaired) electrons. The molecule has 0 atom stereocenters. The van der Waals surface area contributed by atoms with Crippen molar-refractivity contribution in [1.82, 2.24) is 4.90 Å². The molecule has 0 spiro atoms. The number of benzene rings is 2. The number of ether oxygens (including phenoxy) is 1. The molecule has 30 heavy (non-hydrogen) atoms. The summed E-state index contributed by atoms with van der Waals surface area (Å²) in [5.41, 5.74) is 1.99. The summed E-state index contributed by atoms with van der Waals surface area (Å²) in [5.74, 6) is 0.891. The average Bonchev–Trinajstić information content (AvgIpc) is 2.71. The molecule has 1 aliphatic heterocycles. The largest absolute Gasteiger partial charge is 0.483 e. The van der Waals surface area contributed by atoms with Gasteiger partial charge in [-0.05, 0) is 48.2 Å². The molecule has 162 valence electrons. The lowest BCUT2D eigenvalue weighted by Crippen LogP contribution is -2.50. The van der Waals surface area contributed by atoms with Gasteiger partial charge in [0.05, 0.1) is 5.56 Å². The quantitative estimate of drug-likeness (QED) is 0.692. The molecule has 0 bridgehead atoms. The Morgan fingerprint density at radius 3 is 2.40 bits per heavy atom. The van der Waals surface area contributed by atoms with Crippen molar-refractivity contribution in [2.45, 2.75) is 32.9 Å². The lowest BCUT2D eigenvalue weighted by atomic mass is 10.0. The zero-order valence-electron chi connectivity index (χ0n) is 17.5. The van der Waals surface area contributed by atoms with Crippen LogP contribution in [0, 0.1) is 6.92 Å². The maximum Gasteiger partial charge on any atom is 0.416 e. The van der Waals surface area contributed by atoms with Gasteiger partial charge in [0.1, 0.15) is 5.75 Å². The summed E-state index contributed by atoms with van der Waals surface area (Å²) in [5, 5.41) is 0. The predicted octanol–water partition coefficient (Wildman–Crippen LogP) is 4.86. The number of hydrogen-bond donors (Lipinski definition) is 0. The standard InChI is InChI=1S/C23H27F3N2O2/c1-16(2)20-8-7-17(3)13-21(20)30-15-22(29)28-11-9-27(10-12-28)19-6-4-5-18(14-19)23(24,25)26/h4-8,13-14,16H,9-12,15H2,1-3H3. The van der Waals surface area contributed by atoms with Gasteiger partial charge in [-0.15, -0.1) is 0 Å². The highest BCUT2D eigenvalue weighted by Crippen LogP contribution is 2.32. The van der Waals surface area contributed by atoms with Gasteiger partial charge in [0.25, 0.3) is 5.91 Å². The molecule has 1 aliphatic rings. The van der Waals surface area contributed by atoms with E-state index >= 15 is 0 Å². The minimum atomic E-state index is -4.37. The number of hydrogen-bond acceptors (Lipinski definition) is 3. The van der Waals surface area contributed by atoms with E-state index in [1.807, 2.05) is 30.0 Å². The third kappa shape index (κ3) is 5.26. The highest BCUT2D eigenvalue weighted by molar-refractivity contribution is 5.78. The Kier molecular flexibility index (Phi) is 6.58. The zero-order chi connectivity index (χ0) is 21.9. The van der Waals surface area contributed by atoms with E-state index in [1.54, 1.807) is 11.0 Å². The van der Waals surface area contributed by atoms with Crippen LogP contribution in [-0.4, -0.2) is 43.6 Å². The fourth-order valence-electron chi connectivity index (χ4n) is 3.57. The summed E-state index contributed by atoms with van der Waals surface area (Å²) in [4.78, 5) is 16.2. The van der Waals surface area contributed by atoms with Gasteiger partial charge < -0.3 is 14.5 Å². The topological polar surface area (TPSA) is 32.8 Å². The van der Waals surface area contributed by atoms with Crippen molar-refractivity contribution in [2.75, 3.05) is 37.7 Å². The molecule has 1 saturated heterocycles. The fourth-order valence-corrected chi connectivity index (χ4v) is 3.57. The SMILES string of the molecule is Cc1ccc(C(C)C)c(OCC(=O)N2CCN(c3cccc(C(F)(F)F)c3)CC2)c1. The van der Waals surface area contributed by atoms with Gasteiger partial charge in [-0.1, -0.05) is 32.0 Å². The van der Waals surface area contributed by atoms with Crippen LogP contribution < -0.4 is 9.64 Å². The van der Waals surface area contributed by atoms with Gasteiger partial charge in [0.15, 0.2) is 6.61 Å². The molecule has 4 nitrogen and oxygen atoms in total. The van der Waals surface area contributed by atoms with E-state index in [0.717, 1.165) is 29.0 Å². The summed E-state index contributed by atoms with van der Waals surface area (Å²) in [6, 6.07) is 11.3. The molecule has 0 aromatic heterocycles. The molecular weight excluding hydrogens is 393 g/mol. The van der Waals surface area contributed by atoms with Crippen LogP contribution in [-0.2, 0) is 11.0 Å². The van der Waals surface area contributed by atoms with Gasteiger partial charge in [-0.25, -0.2) is 0 Å². The van der Waals surface area contributed by atoms with Crippen LogP contribution in [0.2, 0.25) is 0 Å². The molecular formula is C23H27F3N2O2. The third-order valence-electron chi connectivity index (χ3n) is 5.31. The van der Waals surface area contributed by atoms with Crippen LogP contribution in [0.25, 0.3) is 0 Å². The first kappa shape index (κ1) is 22.0. The van der Waals surface area contributed by atoms with E-state index in [2.05, 4.69) is 13.8 Å². The molecule has 3 rings (SSSR count). The van der Waals surface area contributed by atoms with Crippen molar-refractivity contribution < 1.29 is 22.7 Å². The third-order valence-corrected chi connectivity index (χ3v) is 5.31. The molecule has 1 fully saturated rings. The van der Waals surface area contributed by atoms with Gasteiger partial charge in [-0.3, -0.25) is 4.79 Å². The molecule has 2 aromatic carbocycles. The lowest BCUT2D eigenvalue weighted by molar-refractivity contribution is -0.137. The summed E-state index contributed by atoms with van der Waals surface area (Å²) in [6.45, 7) is 7.94. The number of amides is 1. The first-order valence-electron chi connectivity index (χ1n) is 10.1. The van der Waals surface area contributed by atoms with Crippen LogP contribution in [0.1, 0.15) is 36.5 Å². The number of carbonyl (C=O) groups is 1. The van der Waals surface area contributed by atoms with Crippen molar-refractivity contribution >= 4 is 11.6 Å². The maximum atomic E-state index is 12.9. The van der Waals surface area contributed by atoms with Crippen molar-refractivity contribution in [3.63, 3.8) is 0 Å². The first-order valence-corrected chi connectivity index (χ1v) is 10.1. The van der Waals surface area contributed by atoms with E-state index in [0.29, 0.717) is 31.9 Å². The monoisotopic (exact) mass is 420 g/mol. The number of anilines is 1. The second-order valence-corrected chi connectivity index (χ2v) is 7.90. The highest BCUT2D eigenvalue weighted by atomic mass is 19.4. The van der Waals surface area contributed by atoms with Crippen LogP contribution in [0.4, 0.5) is 18.9 Å². The van der Waals surface area contributed by atoms with Crippen molar-refractivity contribution in [3.05, 3.63) is 59.2 Å². The van der Waals surface area contributed by atoms with Crippen LogP contribution in [0.3, 0.4) is 0 Å². The molecule has 0 N–H and O–H groups in total. The van der Waals surface area contributed by atoms with Crippen molar-refractivity contribution in [2.24, 2.45) is 0 Å². The Bertz CT molecular complexity index is 888. The van der Waals surface area contributed by atoms with E-state index in [-0.39, 0.29) is 18.4 Å². The van der Waals surface area contributed by atoms with Gasteiger partial charge in [0, 0.05) is 31.9 Å². The molecule has 7 heteroatoms. The smallest absolute Gasteiger partial charge is 0.416 e. The van der Waals surface area contributed by atoms with Crippen LogP contribution >= 0.6 is 0 Å².